The van der Waals surface area contributed by atoms with Gasteiger partial charge >= 0.3 is 0 Å². The molecule has 2 heteroatoms. The molecular formula is C13H25NO. The maximum atomic E-state index is 9.57. The third-order valence-electron chi connectivity index (χ3n) is 3.89. The molecule has 2 rings (SSSR count). The van der Waals surface area contributed by atoms with Crippen LogP contribution in [0.25, 0.3) is 0 Å². The molecule has 0 heterocycles. The van der Waals surface area contributed by atoms with E-state index in [-0.39, 0.29) is 6.10 Å². The molecule has 0 amide bonds. The number of nitrogens with one attached hydrogen (secondary N) is 1. The van der Waals surface area contributed by atoms with Crippen molar-refractivity contribution in [3.05, 3.63) is 0 Å². The molecule has 0 aromatic heterocycles. The standard InChI is InChI=1S/C13H25NO/c1-10(7-11-5-6-11)14-9-12-3-2-4-13(15)8-12/h10-15H,2-9H2,1H3. The van der Waals surface area contributed by atoms with Crippen molar-refractivity contribution in [1.82, 2.24) is 5.32 Å². The number of hydrogen-bond acceptors (Lipinski definition) is 2. The molecule has 0 aromatic rings. The lowest BCUT2D eigenvalue weighted by atomic mass is 9.87. The lowest BCUT2D eigenvalue weighted by Crippen LogP contribution is -2.34. The van der Waals surface area contributed by atoms with Gasteiger partial charge in [-0.1, -0.05) is 19.3 Å². The van der Waals surface area contributed by atoms with Crippen molar-refractivity contribution in [3.8, 4) is 0 Å². The van der Waals surface area contributed by atoms with Crippen LogP contribution in [-0.2, 0) is 0 Å². The molecule has 2 saturated carbocycles. The molecule has 3 unspecified atom stereocenters. The molecule has 15 heavy (non-hydrogen) atoms. The molecular weight excluding hydrogens is 186 g/mol. The Hall–Kier alpha value is -0.0800. The first-order valence-corrected chi connectivity index (χ1v) is 6.65. The molecule has 2 aliphatic carbocycles. The van der Waals surface area contributed by atoms with E-state index in [1.54, 1.807) is 0 Å². The summed E-state index contributed by atoms with van der Waals surface area (Å²) in [6.45, 7) is 3.42. The van der Waals surface area contributed by atoms with Gasteiger partial charge in [0.1, 0.15) is 0 Å². The van der Waals surface area contributed by atoms with Crippen molar-refractivity contribution in [3.63, 3.8) is 0 Å². The zero-order chi connectivity index (χ0) is 10.7. The number of hydrogen-bond donors (Lipinski definition) is 2. The van der Waals surface area contributed by atoms with Crippen LogP contribution in [0.5, 0.6) is 0 Å². The van der Waals surface area contributed by atoms with Crippen molar-refractivity contribution in [2.24, 2.45) is 11.8 Å². The highest BCUT2D eigenvalue weighted by Crippen LogP contribution is 2.33. The van der Waals surface area contributed by atoms with Crippen LogP contribution in [-0.4, -0.2) is 23.8 Å². The molecule has 0 spiro atoms. The van der Waals surface area contributed by atoms with E-state index in [4.69, 9.17) is 0 Å². The van der Waals surface area contributed by atoms with Gasteiger partial charge in [0.25, 0.3) is 0 Å². The normalized spacial score (nSPS) is 34.0. The van der Waals surface area contributed by atoms with Crippen LogP contribution >= 0.6 is 0 Å². The molecule has 2 fully saturated rings. The second kappa shape index (κ2) is 5.31. The number of rotatable bonds is 5. The van der Waals surface area contributed by atoms with Crippen LogP contribution < -0.4 is 5.32 Å². The molecule has 2 nitrogen and oxygen atoms in total. The summed E-state index contributed by atoms with van der Waals surface area (Å²) in [5.74, 6) is 1.74. The van der Waals surface area contributed by atoms with Crippen LogP contribution in [0.3, 0.4) is 0 Å². The van der Waals surface area contributed by atoms with Crippen molar-refractivity contribution < 1.29 is 5.11 Å². The highest BCUT2D eigenvalue weighted by Gasteiger charge is 2.24. The van der Waals surface area contributed by atoms with Crippen LogP contribution in [0.15, 0.2) is 0 Å². The monoisotopic (exact) mass is 211 g/mol. The van der Waals surface area contributed by atoms with Gasteiger partial charge in [-0.3, -0.25) is 0 Å². The summed E-state index contributed by atoms with van der Waals surface area (Å²) in [6, 6.07) is 0.677. The summed E-state index contributed by atoms with van der Waals surface area (Å²) in [6.07, 6.45) is 8.80. The summed E-state index contributed by atoms with van der Waals surface area (Å²) in [7, 11) is 0. The fraction of sp³-hybridized carbons (Fsp3) is 1.00. The van der Waals surface area contributed by atoms with Crippen molar-refractivity contribution in [2.75, 3.05) is 6.54 Å². The second-order valence-electron chi connectivity index (χ2n) is 5.67. The average Bonchev–Trinajstić information content (AvgIpc) is 2.99. The molecule has 0 aromatic carbocycles. The smallest absolute Gasteiger partial charge is 0.0543 e. The van der Waals surface area contributed by atoms with Gasteiger partial charge in [-0.25, -0.2) is 0 Å². The van der Waals surface area contributed by atoms with E-state index in [0.717, 1.165) is 31.2 Å². The Labute approximate surface area is 93.5 Å². The molecule has 0 aliphatic heterocycles. The minimum Gasteiger partial charge on any atom is -0.393 e. The van der Waals surface area contributed by atoms with Gasteiger partial charge in [-0.15, -0.1) is 0 Å². The van der Waals surface area contributed by atoms with E-state index in [1.807, 2.05) is 0 Å². The van der Waals surface area contributed by atoms with Gasteiger partial charge in [0.2, 0.25) is 0 Å². The van der Waals surface area contributed by atoms with Gasteiger partial charge in [-0.2, -0.15) is 0 Å². The summed E-state index contributed by atoms with van der Waals surface area (Å²) in [5.41, 5.74) is 0. The first-order chi connectivity index (χ1) is 7.24. The minimum absolute atomic E-state index is 0.0238. The molecule has 0 saturated heterocycles. The highest BCUT2D eigenvalue weighted by molar-refractivity contribution is 4.80. The average molecular weight is 211 g/mol. The van der Waals surface area contributed by atoms with Gasteiger partial charge in [0.15, 0.2) is 0 Å². The van der Waals surface area contributed by atoms with Crippen molar-refractivity contribution >= 4 is 0 Å². The Morgan fingerprint density at radius 3 is 2.67 bits per heavy atom. The Bertz CT molecular complexity index is 191. The van der Waals surface area contributed by atoms with Crippen LogP contribution in [0.4, 0.5) is 0 Å². The fourth-order valence-corrected chi connectivity index (χ4v) is 2.75. The SMILES string of the molecule is CC(CC1CC1)NCC1CCCC(O)C1. The third-order valence-corrected chi connectivity index (χ3v) is 3.89. The third kappa shape index (κ3) is 4.12. The Morgan fingerprint density at radius 2 is 2.00 bits per heavy atom. The quantitative estimate of drug-likeness (QED) is 0.731. The zero-order valence-electron chi connectivity index (χ0n) is 9.91. The lowest BCUT2D eigenvalue weighted by Gasteiger charge is -2.27. The van der Waals surface area contributed by atoms with Gasteiger partial charge in [-0.05, 0) is 51.0 Å². The molecule has 3 atom stereocenters. The van der Waals surface area contributed by atoms with Crippen molar-refractivity contribution in [1.29, 1.82) is 0 Å². The van der Waals surface area contributed by atoms with E-state index in [0.29, 0.717) is 6.04 Å². The van der Waals surface area contributed by atoms with E-state index in [2.05, 4.69) is 12.2 Å². The number of aliphatic hydroxyl groups is 1. The maximum Gasteiger partial charge on any atom is 0.0543 e. The van der Waals surface area contributed by atoms with Crippen molar-refractivity contribution in [2.45, 2.75) is 64.0 Å². The lowest BCUT2D eigenvalue weighted by molar-refractivity contribution is 0.0996. The Balaban J connectivity index is 1.58. The summed E-state index contributed by atoms with van der Waals surface area (Å²) in [4.78, 5) is 0. The Morgan fingerprint density at radius 1 is 1.20 bits per heavy atom. The Kier molecular flexibility index (Phi) is 4.04. The zero-order valence-corrected chi connectivity index (χ0v) is 9.91. The van der Waals surface area contributed by atoms with E-state index in [9.17, 15) is 5.11 Å². The summed E-state index contributed by atoms with van der Waals surface area (Å²) >= 11 is 0. The van der Waals surface area contributed by atoms with Gasteiger partial charge < -0.3 is 10.4 Å². The summed E-state index contributed by atoms with van der Waals surface area (Å²) in [5, 5.41) is 13.2. The van der Waals surface area contributed by atoms with E-state index >= 15 is 0 Å². The van der Waals surface area contributed by atoms with Crippen LogP contribution in [0.2, 0.25) is 0 Å². The predicted octanol–water partition coefficient (Wildman–Crippen LogP) is 2.32. The van der Waals surface area contributed by atoms with Crippen LogP contribution in [0.1, 0.15) is 51.9 Å². The predicted molar refractivity (Wildman–Crippen MR) is 62.8 cm³/mol. The van der Waals surface area contributed by atoms with E-state index in [1.165, 1.54) is 32.1 Å². The molecule has 2 N–H and O–H groups in total. The molecule has 0 bridgehead atoms. The summed E-state index contributed by atoms with van der Waals surface area (Å²) < 4.78 is 0. The minimum atomic E-state index is -0.0238. The molecule has 88 valence electrons. The highest BCUT2D eigenvalue weighted by atomic mass is 16.3. The maximum absolute atomic E-state index is 9.57. The number of aliphatic hydroxyl groups excluding tert-OH is 1. The van der Waals surface area contributed by atoms with Gasteiger partial charge in [0.05, 0.1) is 6.10 Å². The fourth-order valence-electron chi connectivity index (χ4n) is 2.75. The second-order valence-corrected chi connectivity index (χ2v) is 5.67. The van der Waals surface area contributed by atoms with E-state index < -0.39 is 0 Å². The molecule has 2 aliphatic rings. The topological polar surface area (TPSA) is 32.3 Å². The first-order valence-electron chi connectivity index (χ1n) is 6.65. The first kappa shape index (κ1) is 11.4. The van der Waals surface area contributed by atoms with Crippen LogP contribution in [0, 0.1) is 11.8 Å². The van der Waals surface area contributed by atoms with Gasteiger partial charge in [0, 0.05) is 6.04 Å². The largest absolute Gasteiger partial charge is 0.393 e. The molecule has 0 radical (unpaired) electrons.